The average molecular weight is 317 g/mol. The van der Waals surface area contributed by atoms with Gasteiger partial charge >= 0.3 is 0 Å². The highest BCUT2D eigenvalue weighted by Crippen LogP contribution is 2.41. The van der Waals surface area contributed by atoms with Crippen LogP contribution in [-0.4, -0.2) is 10.1 Å². The van der Waals surface area contributed by atoms with Gasteiger partial charge in [0.2, 0.25) is 5.89 Å². The van der Waals surface area contributed by atoms with Gasteiger partial charge in [0, 0.05) is 4.90 Å². The van der Waals surface area contributed by atoms with Crippen LogP contribution in [0, 0.1) is 5.92 Å². The SMILES string of the molecule is CC(C)C(Sc1ccccc1)c1nc(C2(N)CCCC2)no1. The molecule has 0 saturated heterocycles. The monoisotopic (exact) mass is 317 g/mol. The van der Waals surface area contributed by atoms with Gasteiger partial charge in [0.05, 0.1) is 10.8 Å². The molecule has 2 N–H and O–H groups in total. The highest BCUT2D eigenvalue weighted by molar-refractivity contribution is 7.99. The van der Waals surface area contributed by atoms with Gasteiger partial charge in [-0.15, -0.1) is 11.8 Å². The van der Waals surface area contributed by atoms with Crippen molar-refractivity contribution in [2.75, 3.05) is 0 Å². The molecule has 4 nitrogen and oxygen atoms in total. The van der Waals surface area contributed by atoms with Crippen LogP contribution in [0.15, 0.2) is 39.8 Å². The maximum Gasteiger partial charge on any atom is 0.240 e. The Labute approximate surface area is 135 Å². The maximum absolute atomic E-state index is 6.43. The largest absolute Gasteiger partial charge is 0.338 e. The molecule has 0 radical (unpaired) electrons. The van der Waals surface area contributed by atoms with Gasteiger partial charge < -0.3 is 10.3 Å². The van der Waals surface area contributed by atoms with E-state index in [9.17, 15) is 0 Å². The maximum atomic E-state index is 6.43. The second-order valence-electron chi connectivity index (χ2n) is 6.41. The van der Waals surface area contributed by atoms with Crippen molar-refractivity contribution < 1.29 is 4.52 Å². The Balaban J connectivity index is 1.82. The Bertz CT molecular complexity index is 605. The third-order valence-electron chi connectivity index (χ3n) is 4.24. The molecule has 22 heavy (non-hydrogen) atoms. The first kappa shape index (κ1) is 15.6. The lowest BCUT2D eigenvalue weighted by molar-refractivity contribution is 0.338. The van der Waals surface area contributed by atoms with Gasteiger partial charge in [0.1, 0.15) is 0 Å². The van der Waals surface area contributed by atoms with Crippen molar-refractivity contribution in [3.63, 3.8) is 0 Å². The van der Waals surface area contributed by atoms with Gasteiger partial charge in [-0.05, 0) is 30.9 Å². The normalized spacial score (nSPS) is 18.7. The molecule has 1 saturated carbocycles. The lowest BCUT2D eigenvalue weighted by atomic mass is 9.98. The van der Waals surface area contributed by atoms with E-state index in [2.05, 4.69) is 36.1 Å². The van der Waals surface area contributed by atoms with Gasteiger partial charge in [-0.1, -0.05) is 50.0 Å². The highest BCUT2D eigenvalue weighted by Gasteiger charge is 2.37. The third-order valence-corrected chi connectivity index (χ3v) is 5.78. The van der Waals surface area contributed by atoms with Crippen LogP contribution in [0.5, 0.6) is 0 Å². The summed E-state index contributed by atoms with van der Waals surface area (Å²) in [7, 11) is 0. The molecule has 0 amide bonds. The number of aromatic nitrogens is 2. The Morgan fingerprint density at radius 3 is 2.50 bits per heavy atom. The van der Waals surface area contributed by atoms with E-state index in [1.54, 1.807) is 11.8 Å². The molecule has 1 unspecified atom stereocenters. The summed E-state index contributed by atoms with van der Waals surface area (Å²) in [5.74, 6) is 1.77. The Kier molecular flexibility index (Phi) is 4.54. The topological polar surface area (TPSA) is 64.9 Å². The van der Waals surface area contributed by atoms with E-state index < -0.39 is 0 Å². The molecule has 1 atom stereocenters. The number of nitrogens with two attached hydrogens (primary N) is 1. The molecule has 1 aromatic heterocycles. The van der Waals surface area contributed by atoms with E-state index in [1.165, 1.54) is 4.90 Å². The smallest absolute Gasteiger partial charge is 0.240 e. The first-order chi connectivity index (χ1) is 10.6. The molecule has 0 spiro atoms. The molecule has 0 bridgehead atoms. The minimum atomic E-state index is -0.388. The van der Waals surface area contributed by atoms with Crippen LogP contribution >= 0.6 is 11.8 Å². The number of hydrogen-bond acceptors (Lipinski definition) is 5. The van der Waals surface area contributed by atoms with Crippen molar-refractivity contribution in [3.8, 4) is 0 Å². The van der Waals surface area contributed by atoms with Crippen molar-refractivity contribution in [1.29, 1.82) is 0 Å². The van der Waals surface area contributed by atoms with Crippen LogP contribution in [-0.2, 0) is 5.54 Å². The number of benzene rings is 1. The summed E-state index contributed by atoms with van der Waals surface area (Å²) in [5, 5.41) is 4.34. The van der Waals surface area contributed by atoms with Gasteiger partial charge in [-0.25, -0.2) is 0 Å². The van der Waals surface area contributed by atoms with Crippen molar-refractivity contribution in [2.45, 2.75) is 55.2 Å². The fourth-order valence-corrected chi connectivity index (χ4v) is 3.98. The number of hydrogen-bond donors (Lipinski definition) is 1. The summed E-state index contributed by atoms with van der Waals surface area (Å²) in [6.07, 6.45) is 4.19. The Morgan fingerprint density at radius 1 is 1.18 bits per heavy atom. The molecule has 1 aliphatic rings. The number of nitrogens with zero attached hydrogens (tertiary/aromatic N) is 2. The lowest BCUT2D eigenvalue weighted by Crippen LogP contribution is -2.34. The van der Waals surface area contributed by atoms with Crippen LogP contribution < -0.4 is 5.73 Å². The first-order valence-electron chi connectivity index (χ1n) is 7.93. The van der Waals surface area contributed by atoms with Crippen LogP contribution in [0.2, 0.25) is 0 Å². The number of rotatable bonds is 5. The molecule has 1 fully saturated rings. The van der Waals surface area contributed by atoms with Gasteiger partial charge in [0.15, 0.2) is 5.82 Å². The van der Waals surface area contributed by atoms with Crippen LogP contribution in [0.4, 0.5) is 0 Å². The third kappa shape index (κ3) is 3.20. The van der Waals surface area contributed by atoms with Crippen LogP contribution in [0.1, 0.15) is 56.5 Å². The molecule has 5 heteroatoms. The summed E-state index contributed by atoms with van der Waals surface area (Å²) in [6.45, 7) is 4.36. The second kappa shape index (κ2) is 6.42. The van der Waals surface area contributed by atoms with Crippen molar-refractivity contribution in [2.24, 2.45) is 11.7 Å². The Hall–Kier alpha value is -1.33. The van der Waals surface area contributed by atoms with Gasteiger partial charge in [0.25, 0.3) is 0 Å². The van der Waals surface area contributed by atoms with Crippen LogP contribution in [0.3, 0.4) is 0 Å². The lowest BCUT2D eigenvalue weighted by Gasteiger charge is -2.18. The molecule has 118 valence electrons. The van der Waals surface area contributed by atoms with E-state index in [1.807, 2.05) is 18.2 Å². The van der Waals surface area contributed by atoms with E-state index in [0.717, 1.165) is 25.7 Å². The quantitative estimate of drug-likeness (QED) is 0.833. The van der Waals surface area contributed by atoms with Crippen molar-refractivity contribution >= 4 is 11.8 Å². The highest BCUT2D eigenvalue weighted by atomic mass is 32.2. The zero-order valence-corrected chi connectivity index (χ0v) is 14.0. The predicted octanol–water partition coefficient (Wildman–Crippen LogP) is 4.29. The van der Waals surface area contributed by atoms with Crippen LogP contribution in [0.25, 0.3) is 0 Å². The zero-order valence-electron chi connectivity index (χ0n) is 13.2. The second-order valence-corrected chi connectivity index (χ2v) is 7.63. The Morgan fingerprint density at radius 2 is 1.86 bits per heavy atom. The van der Waals surface area contributed by atoms with Gasteiger partial charge in [-0.3, -0.25) is 0 Å². The standard InChI is InChI=1S/C17H23N3OS/c1-12(2)14(22-13-8-4-3-5-9-13)15-19-16(20-21-15)17(18)10-6-7-11-17/h3-5,8-9,12,14H,6-7,10-11,18H2,1-2H3. The van der Waals surface area contributed by atoms with Crippen molar-refractivity contribution in [3.05, 3.63) is 42.0 Å². The molecular weight excluding hydrogens is 294 g/mol. The number of thioether (sulfide) groups is 1. The molecule has 2 aromatic rings. The molecule has 1 heterocycles. The summed E-state index contributed by atoms with van der Waals surface area (Å²) < 4.78 is 5.58. The van der Waals surface area contributed by atoms with Gasteiger partial charge in [-0.2, -0.15) is 4.98 Å². The fraction of sp³-hybridized carbons (Fsp3) is 0.529. The molecule has 1 aromatic carbocycles. The predicted molar refractivity (Wildman–Crippen MR) is 88.5 cm³/mol. The molecule has 3 rings (SSSR count). The fourth-order valence-electron chi connectivity index (χ4n) is 2.90. The van der Waals surface area contributed by atoms with Crippen molar-refractivity contribution in [1.82, 2.24) is 10.1 Å². The minimum Gasteiger partial charge on any atom is -0.338 e. The summed E-state index contributed by atoms with van der Waals surface area (Å²) >= 11 is 1.77. The van der Waals surface area contributed by atoms with E-state index in [4.69, 9.17) is 10.3 Å². The minimum absolute atomic E-state index is 0.147. The van der Waals surface area contributed by atoms with E-state index in [-0.39, 0.29) is 10.8 Å². The summed E-state index contributed by atoms with van der Waals surface area (Å²) in [6, 6.07) is 10.3. The summed E-state index contributed by atoms with van der Waals surface area (Å²) in [5.41, 5.74) is 6.04. The summed E-state index contributed by atoms with van der Waals surface area (Å²) in [4.78, 5) is 5.87. The molecular formula is C17H23N3OS. The molecule has 0 aliphatic heterocycles. The zero-order chi connectivity index (χ0) is 15.6. The van der Waals surface area contributed by atoms with E-state index in [0.29, 0.717) is 17.6 Å². The average Bonchev–Trinajstić information content (AvgIpc) is 3.15. The van der Waals surface area contributed by atoms with E-state index >= 15 is 0 Å². The molecule has 1 aliphatic carbocycles. The first-order valence-corrected chi connectivity index (χ1v) is 8.81.